The summed E-state index contributed by atoms with van der Waals surface area (Å²) in [6.45, 7) is 4.89. The molecule has 0 amide bonds. The van der Waals surface area contributed by atoms with Crippen LogP contribution < -0.4 is 14.8 Å². The standard InChI is InChI=1S/C16H25NO3S/c1-16(2)6-9-21-11-15(16)17-12-4-5-13(19-3)14(10-12)20-8-7-18/h4-5,10,15,17-18H,6-9,11H2,1-3H3. The average Bonchev–Trinajstić information content (AvgIpc) is 2.47. The molecule has 21 heavy (non-hydrogen) atoms. The van der Waals surface area contributed by atoms with Crippen molar-refractivity contribution in [1.29, 1.82) is 0 Å². The van der Waals surface area contributed by atoms with Crippen LogP contribution in [-0.2, 0) is 0 Å². The number of anilines is 1. The molecule has 2 N–H and O–H groups in total. The molecule has 1 saturated heterocycles. The van der Waals surface area contributed by atoms with Crippen molar-refractivity contribution in [1.82, 2.24) is 0 Å². The van der Waals surface area contributed by atoms with Crippen LogP contribution in [0.5, 0.6) is 11.5 Å². The van der Waals surface area contributed by atoms with E-state index in [4.69, 9.17) is 14.6 Å². The smallest absolute Gasteiger partial charge is 0.163 e. The van der Waals surface area contributed by atoms with Gasteiger partial charge in [0.25, 0.3) is 0 Å². The lowest BCUT2D eigenvalue weighted by Gasteiger charge is -2.39. The van der Waals surface area contributed by atoms with Gasteiger partial charge < -0.3 is 19.9 Å². The van der Waals surface area contributed by atoms with Crippen LogP contribution in [-0.4, -0.2) is 43.0 Å². The second kappa shape index (κ2) is 7.27. The van der Waals surface area contributed by atoms with Crippen LogP contribution in [0.2, 0.25) is 0 Å². The molecule has 1 aromatic rings. The highest BCUT2D eigenvalue weighted by molar-refractivity contribution is 7.99. The lowest BCUT2D eigenvalue weighted by molar-refractivity contribution is 0.196. The van der Waals surface area contributed by atoms with E-state index in [2.05, 4.69) is 19.2 Å². The Morgan fingerprint density at radius 1 is 1.38 bits per heavy atom. The van der Waals surface area contributed by atoms with Gasteiger partial charge in [0.2, 0.25) is 0 Å². The first-order chi connectivity index (χ1) is 10.1. The third-order valence-corrected chi connectivity index (χ3v) is 5.03. The number of aliphatic hydroxyl groups is 1. The Balaban J connectivity index is 2.12. The minimum atomic E-state index is -0.00684. The topological polar surface area (TPSA) is 50.7 Å². The van der Waals surface area contributed by atoms with Gasteiger partial charge in [-0.05, 0) is 29.7 Å². The van der Waals surface area contributed by atoms with Gasteiger partial charge in [-0.15, -0.1) is 0 Å². The first kappa shape index (κ1) is 16.3. The summed E-state index contributed by atoms with van der Waals surface area (Å²) in [5.41, 5.74) is 1.32. The summed E-state index contributed by atoms with van der Waals surface area (Å²) in [4.78, 5) is 0. The largest absolute Gasteiger partial charge is 0.493 e. The van der Waals surface area contributed by atoms with E-state index in [0.29, 0.717) is 17.5 Å². The summed E-state index contributed by atoms with van der Waals surface area (Å²) in [5, 5.41) is 12.5. The Bertz CT molecular complexity index is 465. The Kier molecular flexibility index (Phi) is 5.65. The highest BCUT2D eigenvalue weighted by atomic mass is 32.2. The van der Waals surface area contributed by atoms with Crippen molar-refractivity contribution in [2.24, 2.45) is 5.41 Å². The summed E-state index contributed by atoms with van der Waals surface area (Å²) < 4.78 is 10.8. The fourth-order valence-electron chi connectivity index (χ4n) is 2.41. The first-order valence-electron chi connectivity index (χ1n) is 7.33. The number of ether oxygens (including phenoxy) is 2. The van der Waals surface area contributed by atoms with Crippen LogP contribution in [0.1, 0.15) is 20.3 Å². The lowest BCUT2D eigenvalue weighted by atomic mass is 9.82. The second-order valence-corrected chi connectivity index (χ2v) is 7.10. The zero-order valence-corrected chi connectivity index (χ0v) is 13.8. The summed E-state index contributed by atoms with van der Waals surface area (Å²) in [6, 6.07) is 6.30. The molecule has 118 valence electrons. The number of aliphatic hydroxyl groups excluding tert-OH is 1. The van der Waals surface area contributed by atoms with E-state index >= 15 is 0 Å². The number of thioether (sulfide) groups is 1. The highest BCUT2D eigenvalue weighted by Crippen LogP contribution is 2.37. The molecule has 5 heteroatoms. The molecule has 0 spiro atoms. The van der Waals surface area contributed by atoms with E-state index in [1.807, 2.05) is 30.0 Å². The molecule has 2 rings (SSSR count). The molecule has 1 aliphatic rings. The number of rotatable bonds is 6. The van der Waals surface area contributed by atoms with Gasteiger partial charge in [0.05, 0.1) is 13.7 Å². The van der Waals surface area contributed by atoms with Crippen molar-refractivity contribution >= 4 is 17.4 Å². The number of benzene rings is 1. The Morgan fingerprint density at radius 3 is 2.86 bits per heavy atom. The minimum Gasteiger partial charge on any atom is -0.493 e. The van der Waals surface area contributed by atoms with Gasteiger partial charge in [-0.25, -0.2) is 0 Å². The maximum absolute atomic E-state index is 8.91. The molecular weight excluding hydrogens is 286 g/mol. The summed E-state index contributed by atoms with van der Waals surface area (Å²) in [5.74, 6) is 3.70. The molecular formula is C16H25NO3S. The predicted octanol–water partition coefficient (Wildman–Crippen LogP) is 3.01. The van der Waals surface area contributed by atoms with Crippen molar-refractivity contribution in [2.45, 2.75) is 26.3 Å². The summed E-state index contributed by atoms with van der Waals surface area (Å²) in [6.07, 6.45) is 1.22. The van der Waals surface area contributed by atoms with Gasteiger partial charge in [-0.2, -0.15) is 11.8 Å². The van der Waals surface area contributed by atoms with Crippen LogP contribution in [0.3, 0.4) is 0 Å². The van der Waals surface area contributed by atoms with Crippen LogP contribution in [0.25, 0.3) is 0 Å². The quantitative estimate of drug-likeness (QED) is 0.846. The van der Waals surface area contributed by atoms with E-state index in [9.17, 15) is 0 Å². The predicted molar refractivity (Wildman–Crippen MR) is 88.7 cm³/mol. The van der Waals surface area contributed by atoms with Crippen molar-refractivity contribution in [3.63, 3.8) is 0 Å². The van der Waals surface area contributed by atoms with Gasteiger partial charge in [0.1, 0.15) is 6.61 Å². The zero-order valence-electron chi connectivity index (χ0n) is 13.0. The average molecular weight is 311 g/mol. The van der Waals surface area contributed by atoms with Crippen molar-refractivity contribution in [2.75, 3.05) is 37.1 Å². The SMILES string of the molecule is COc1ccc(NC2CSCCC2(C)C)cc1OCCO. The molecule has 0 aliphatic carbocycles. The van der Waals surface area contributed by atoms with Gasteiger partial charge >= 0.3 is 0 Å². The van der Waals surface area contributed by atoms with Gasteiger partial charge in [0.15, 0.2) is 11.5 Å². The molecule has 1 atom stereocenters. The maximum atomic E-state index is 8.91. The van der Waals surface area contributed by atoms with Crippen LogP contribution >= 0.6 is 11.8 Å². The Morgan fingerprint density at radius 2 is 2.19 bits per heavy atom. The second-order valence-electron chi connectivity index (χ2n) is 5.95. The fourth-order valence-corrected chi connectivity index (χ4v) is 4.02. The van der Waals surface area contributed by atoms with Gasteiger partial charge in [-0.1, -0.05) is 13.8 Å². The number of nitrogens with one attached hydrogen (secondary N) is 1. The molecule has 0 radical (unpaired) electrons. The van der Waals surface area contributed by atoms with Gasteiger partial charge in [-0.3, -0.25) is 0 Å². The number of methoxy groups -OCH3 is 1. The van der Waals surface area contributed by atoms with E-state index in [1.165, 1.54) is 12.2 Å². The molecule has 0 saturated carbocycles. The zero-order chi connectivity index (χ0) is 15.3. The summed E-state index contributed by atoms with van der Waals surface area (Å²) >= 11 is 2.00. The molecule has 1 aliphatic heterocycles. The normalized spacial score (nSPS) is 20.9. The number of hydrogen-bond donors (Lipinski definition) is 2. The van der Waals surface area contributed by atoms with Crippen molar-refractivity contribution in [3.8, 4) is 11.5 Å². The lowest BCUT2D eigenvalue weighted by Crippen LogP contribution is -2.41. The van der Waals surface area contributed by atoms with E-state index in [-0.39, 0.29) is 18.6 Å². The third kappa shape index (κ3) is 4.20. The molecule has 1 fully saturated rings. The molecule has 4 nitrogen and oxygen atoms in total. The van der Waals surface area contributed by atoms with E-state index < -0.39 is 0 Å². The fraction of sp³-hybridized carbons (Fsp3) is 0.625. The molecule has 0 aromatic heterocycles. The first-order valence-corrected chi connectivity index (χ1v) is 8.48. The maximum Gasteiger partial charge on any atom is 0.163 e. The van der Waals surface area contributed by atoms with Crippen LogP contribution in [0.15, 0.2) is 18.2 Å². The van der Waals surface area contributed by atoms with Crippen molar-refractivity contribution in [3.05, 3.63) is 18.2 Å². The summed E-state index contributed by atoms with van der Waals surface area (Å²) in [7, 11) is 1.62. The molecule has 1 heterocycles. The molecule has 1 unspecified atom stereocenters. The minimum absolute atomic E-state index is 0.00684. The molecule has 1 aromatic carbocycles. The number of hydrogen-bond acceptors (Lipinski definition) is 5. The van der Waals surface area contributed by atoms with E-state index in [1.54, 1.807) is 7.11 Å². The highest BCUT2D eigenvalue weighted by Gasteiger charge is 2.32. The van der Waals surface area contributed by atoms with E-state index in [0.717, 1.165) is 11.4 Å². The van der Waals surface area contributed by atoms with Crippen molar-refractivity contribution < 1.29 is 14.6 Å². The monoisotopic (exact) mass is 311 g/mol. The molecule has 0 bridgehead atoms. The van der Waals surface area contributed by atoms with Crippen LogP contribution in [0.4, 0.5) is 5.69 Å². The van der Waals surface area contributed by atoms with Crippen LogP contribution in [0, 0.1) is 5.41 Å². The third-order valence-electron chi connectivity index (χ3n) is 3.97. The van der Waals surface area contributed by atoms with Gasteiger partial charge in [0, 0.05) is 23.5 Å². The Hall–Kier alpha value is -1.07. The Labute approximate surface area is 131 Å².